The Bertz CT molecular complexity index is 1470. The normalized spacial score (nSPS) is 16.2. The molecule has 3 aromatic carbocycles. The fraction of sp³-hybridized carbons (Fsp3) is 0.0741. The third-order valence-electron chi connectivity index (χ3n) is 5.62. The summed E-state index contributed by atoms with van der Waals surface area (Å²) in [4.78, 5) is 32.7. The second-order valence-electron chi connectivity index (χ2n) is 7.97. The minimum atomic E-state index is -0.796. The fourth-order valence-corrected chi connectivity index (χ4v) is 5.32. The SMILES string of the molecule is Cc1ccc2nc(N3C(=O)C(O)=C(C(=O)C=Cc4ccccc4)C3c3ccc(Br)cc3)sc2c1. The Morgan fingerprint density at radius 3 is 2.56 bits per heavy atom. The molecule has 5 rings (SSSR count). The topological polar surface area (TPSA) is 70.5 Å². The van der Waals surface area contributed by atoms with E-state index in [1.54, 1.807) is 6.08 Å². The summed E-state index contributed by atoms with van der Waals surface area (Å²) < 4.78 is 1.80. The maximum Gasteiger partial charge on any atom is 0.296 e. The molecule has 5 nitrogen and oxygen atoms in total. The molecule has 0 fully saturated rings. The third kappa shape index (κ3) is 4.08. The number of carbonyl (C=O) groups excluding carboxylic acids is 2. The van der Waals surface area contributed by atoms with Crippen LogP contribution in [0.2, 0.25) is 0 Å². The second kappa shape index (κ2) is 9.00. The molecule has 1 aliphatic heterocycles. The van der Waals surface area contributed by atoms with Gasteiger partial charge < -0.3 is 5.11 Å². The molecule has 34 heavy (non-hydrogen) atoms. The zero-order chi connectivity index (χ0) is 23.8. The summed E-state index contributed by atoms with van der Waals surface area (Å²) in [5.41, 5.74) is 3.43. The van der Waals surface area contributed by atoms with Crippen LogP contribution in [0.5, 0.6) is 0 Å². The maximum atomic E-state index is 13.3. The molecular formula is C27H19BrN2O3S. The minimum absolute atomic E-state index is 0.0370. The molecule has 0 spiro atoms. The number of halogens is 1. The number of hydrogen-bond acceptors (Lipinski definition) is 5. The summed E-state index contributed by atoms with van der Waals surface area (Å²) in [5.74, 6) is -1.62. The largest absolute Gasteiger partial charge is 0.503 e. The molecule has 2 heterocycles. The number of aliphatic hydroxyl groups is 1. The van der Waals surface area contributed by atoms with Gasteiger partial charge in [-0.2, -0.15) is 0 Å². The first-order valence-electron chi connectivity index (χ1n) is 10.6. The van der Waals surface area contributed by atoms with Crippen LogP contribution in [-0.2, 0) is 9.59 Å². The van der Waals surface area contributed by atoms with E-state index in [0.717, 1.165) is 25.8 Å². The highest BCUT2D eigenvalue weighted by Crippen LogP contribution is 2.43. The quantitative estimate of drug-likeness (QED) is 0.297. The van der Waals surface area contributed by atoms with E-state index in [1.807, 2.05) is 79.7 Å². The van der Waals surface area contributed by atoms with Crippen molar-refractivity contribution in [3.8, 4) is 0 Å². The molecule has 0 saturated heterocycles. The van der Waals surface area contributed by atoms with E-state index in [4.69, 9.17) is 0 Å². The number of hydrogen-bond donors (Lipinski definition) is 1. The van der Waals surface area contributed by atoms with Crippen molar-refractivity contribution in [3.05, 3.63) is 111 Å². The molecule has 1 amide bonds. The minimum Gasteiger partial charge on any atom is -0.503 e. The molecule has 4 aromatic rings. The summed E-state index contributed by atoms with van der Waals surface area (Å²) >= 11 is 4.79. The number of anilines is 1. The highest BCUT2D eigenvalue weighted by Gasteiger charge is 2.45. The van der Waals surface area contributed by atoms with Crippen molar-refractivity contribution >= 4 is 60.4 Å². The number of nitrogens with zero attached hydrogens (tertiary/aromatic N) is 2. The average molecular weight is 531 g/mol. The zero-order valence-electron chi connectivity index (χ0n) is 18.1. The Morgan fingerprint density at radius 2 is 1.82 bits per heavy atom. The molecular weight excluding hydrogens is 512 g/mol. The van der Waals surface area contributed by atoms with Gasteiger partial charge in [-0.15, -0.1) is 0 Å². The lowest BCUT2D eigenvalue weighted by Crippen LogP contribution is -2.30. The van der Waals surface area contributed by atoms with E-state index < -0.39 is 23.5 Å². The van der Waals surface area contributed by atoms with Crippen molar-refractivity contribution in [1.29, 1.82) is 0 Å². The second-order valence-corrected chi connectivity index (χ2v) is 9.89. The third-order valence-corrected chi connectivity index (χ3v) is 7.17. The molecule has 0 aliphatic carbocycles. The number of aryl methyl sites for hydroxylation is 1. The molecule has 1 N–H and O–H groups in total. The first kappa shape index (κ1) is 22.3. The van der Waals surface area contributed by atoms with Gasteiger partial charge in [0.15, 0.2) is 16.7 Å². The number of aromatic nitrogens is 1. The van der Waals surface area contributed by atoms with Crippen molar-refractivity contribution < 1.29 is 14.7 Å². The van der Waals surface area contributed by atoms with Crippen LogP contribution in [0.15, 0.2) is 94.7 Å². The van der Waals surface area contributed by atoms with Gasteiger partial charge in [0.05, 0.1) is 21.8 Å². The molecule has 1 aromatic heterocycles. The Labute approximate surface area is 208 Å². The standard InChI is InChI=1S/C27H19BrN2O3S/c1-16-7-13-20-22(15-16)34-27(29-20)30-24(18-9-11-19(28)12-10-18)23(25(32)26(30)33)21(31)14-8-17-5-3-2-4-6-17/h2-15,24,32H,1H3. The van der Waals surface area contributed by atoms with Gasteiger partial charge in [-0.25, -0.2) is 4.98 Å². The zero-order valence-corrected chi connectivity index (χ0v) is 20.5. The first-order chi connectivity index (χ1) is 16.4. The van der Waals surface area contributed by atoms with Crippen LogP contribution >= 0.6 is 27.3 Å². The highest BCUT2D eigenvalue weighted by atomic mass is 79.9. The van der Waals surface area contributed by atoms with Crippen LogP contribution in [0.4, 0.5) is 5.13 Å². The summed E-state index contributed by atoms with van der Waals surface area (Å²) in [5, 5.41) is 11.3. The van der Waals surface area contributed by atoms with Gasteiger partial charge in [-0.3, -0.25) is 14.5 Å². The van der Waals surface area contributed by atoms with E-state index in [-0.39, 0.29) is 5.57 Å². The summed E-state index contributed by atoms with van der Waals surface area (Å²) in [6.07, 6.45) is 3.07. The lowest BCUT2D eigenvalue weighted by molar-refractivity contribution is -0.117. The van der Waals surface area contributed by atoms with E-state index in [1.165, 1.54) is 22.3 Å². The fourth-order valence-electron chi connectivity index (χ4n) is 3.96. The molecule has 1 unspecified atom stereocenters. The maximum absolute atomic E-state index is 13.3. The van der Waals surface area contributed by atoms with Gasteiger partial charge in [0.25, 0.3) is 5.91 Å². The highest BCUT2D eigenvalue weighted by molar-refractivity contribution is 9.10. The van der Waals surface area contributed by atoms with Gasteiger partial charge in [0.1, 0.15) is 0 Å². The number of benzene rings is 3. The number of carbonyl (C=O) groups is 2. The predicted molar refractivity (Wildman–Crippen MR) is 139 cm³/mol. The lowest BCUT2D eigenvalue weighted by Gasteiger charge is -2.24. The molecule has 7 heteroatoms. The number of ketones is 1. The summed E-state index contributed by atoms with van der Waals surface area (Å²) in [6.45, 7) is 1.99. The molecule has 1 aliphatic rings. The molecule has 0 radical (unpaired) electrons. The van der Waals surface area contributed by atoms with E-state index in [0.29, 0.717) is 10.7 Å². The molecule has 0 bridgehead atoms. The number of thiazole rings is 1. The van der Waals surface area contributed by atoms with Crippen molar-refractivity contribution in [1.82, 2.24) is 4.98 Å². The molecule has 168 valence electrons. The number of rotatable bonds is 5. The van der Waals surface area contributed by atoms with Crippen LogP contribution in [0, 0.1) is 6.92 Å². The Hall–Kier alpha value is -3.55. The Balaban J connectivity index is 1.60. The summed E-state index contributed by atoms with van der Waals surface area (Å²) in [6, 6.07) is 21.8. The van der Waals surface area contributed by atoms with Crippen LogP contribution in [0.25, 0.3) is 16.3 Å². The van der Waals surface area contributed by atoms with Crippen molar-refractivity contribution in [2.45, 2.75) is 13.0 Å². The summed E-state index contributed by atoms with van der Waals surface area (Å²) in [7, 11) is 0. The van der Waals surface area contributed by atoms with Crippen molar-refractivity contribution in [2.24, 2.45) is 0 Å². The van der Waals surface area contributed by atoms with Crippen LogP contribution in [-0.4, -0.2) is 21.8 Å². The monoisotopic (exact) mass is 530 g/mol. The Kier molecular flexibility index (Phi) is 5.89. The van der Waals surface area contributed by atoms with E-state index in [9.17, 15) is 14.7 Å². The number of allylic oxidation sites excluding steroid dienone is 1. The van der Waals surface area contributed by atoms with Gasteiger partial charge >= 0.3 is 0 Å². The van der Waals surface area contributed by atoms with Gasteiger partial charge in [0.2, 0.25) is 0 Å². The van der Waals surface area contributed by atoms with Gasteiger partial charge in [-0.05, 0) is 54.0 Å². The average Bonchev–Trinajstić information content (AvgIpc) is 3.36. The lowest BCUT2D eigenvalue weighted by atomic mass is 9.96. The van der Waals surface area contributed by atoms with Gasteiger partial charge in [-0.1, -0.05) is 81.9 Å². The van der Waals surface area contributed by atoms with E-state index >= 15 is 0 Å². The number of amides is 1. The van der Waals surface area contributed by atoms with Crippen LogP contribution < -0.4 is 4.90 Å². The number of fused-ring (bicyclic) bond motifs is 1. The molecule has 0 saturated carbocycles. The predicted octanol–water partition coefficient (Wildman–Crippen LogP) is 6.55. The first-order valence-corrected chi connectivity index (χ1v) is 12.2. The molecule has 1 atom stereocenters. The smallest absolute Gasteiger partial charge is 0.296 e. The van der Waals surface area contributed by atoms with Crippen LogP contribution in [0.3, 0.4) is 0 Å². The van der Waals surface area contributed by atoms with Gasteiger partial charge in [0, 0.05) is 4.47 Å². The van der Waals surface area contributed by atoms with Crippen LogP contribution in [0.1, 0.15) is 22.7 Å². The number of aliphatic hydroxyl groups excluding tert-OH is 1. The van der Waals surface area contributed by atoms with E-state index in [2.05, 4.69) is 20.9 Å². The van der Waals surface area contributed by atoms with Crippen molar-refractivity contribution in [3.63, 3.8) is 0 Å². The Morgan fingerprint density at radius 1 is 1.09 bits per heavy atom. The van der Waals surface area contributed by atoms with Crippen molar-refractivity contribution in [2.75, 3.05) is 4.90 Å².